The molecule has 0 aliphatic heterocycles. The van der Waals surface area contributed by atoms with E-state index in [0.29, 0.717) is 11.3 Å². The molecule has 0 aromatic heterocycles. The van der Waals surface area contributed by atoms with E-state index in [4.69, 9.17) is 4.74 Å². The van der Waals surface area contributed by atoms with Crippen molar-refractivity contribution in [2.24, 2.45) is 22.7 Å². The number of carbonyl (C=O) groups is 4. The number of carbonyl (C=O) groups excluding carboxylic acids is 4. The monoisotopic (exact) mass is 618 g/mol. The van der Waals surface area contributed by atoms with Gasteiger partial charge in [-0.3, -0.25) is 19.2 Å². The molecule has 2 aromatic rings. The van der Waals surface area contributed by atoms with Crippen LogP contribution in [-0.4, -0.2) is 60.6 Å². The summed E-state index contributed by atoms with van der Waals surface area (Å²) in [4.78, 5) is 53.5. The molecule has 6 atom stereocenters. The smallest absolute Gasteiger partial charge is 0.315 e. The van der Waals surface area contributed by atoms with Crippen LogP contribution in [-0.2, 0) is 20.8 Å². The first-order valence-corrected chi connectivity index (χ1v) is 14.9. The Morgan fingerprint density at radius 1 is 1.00 bits per heavy atom. The number of phenolic OH excluding ortho intramolecular Hbond substituents is 1. The number of allylic oxidation sites excluding steroid dienone is 1. The number of benzene rings is 2. The Morgan fingerprint density at radius 3 is 2.16 bits per heavy atom. The second kappa shape index (κ2) is 10.4. The molecule has 0 saturated carbocycles. The van der Waals surface area contributed by atoms with Crippen LogP contribution in [0.25, 0.3) is 0 Å². The molecule has 1 unspecified atom stereocenters. The molecule has 0 fully saturated rings. The van der Waals surface area contributed by atoms with E-state index in [2.05, 4.69) is 0 Å². The Bertz CT molecular complexity index is 1730. The second-order valence-electron chi connectivity index (χ2n) is 13.3. The number of ketones is 3. The highest BCUT2D eigenvalue weighted by atomic mass is 16.5. The zero-order valence-corrected chi connectivity index (χ0v) is 26.3. The Labute approximate surface area is 260 Å². The first kappa shape index (κ1) is 32.1. The van der Waals surface area contributed by atoms with Crippen LogP contribution < -0.4 is 4.74 Å². The van der Waals surface area contributed by atoms with Crippen LogP contribution in [0.1, 0.15) is 74.5 Å². The quantitative estimate of drug-likeness (QED) is 0.184. The van der Waals surface area contributed by atoms with E-state index >= 15 is 0 Å². The van der Waals surface area contributed by atoms with Crippen molar-refractivity contribution in [2.75, 3.05) is 0 Å². The molecular formula is C35H38O10. The molecule has 0 amide bonds. The lowest BCUT2D eigenvalue weighted by Gasteiger charge is -2.63. The Balaban J connectivity index is 1.68. The van der Waals surface area contributed by atoms with E-state index in [0.717, 1.165) is 12.5 Å². The lowest BCUT2D eigenvalue weighted by atomic mass is 9.41. The average Bonchev–Trinajstić information content (AvgIpc) is 2.95. The normalized spacial score (nSPS) is 31.0. The highest BCUT2D eigenvalue weighted by molar-refractivity contribution is 6.25. The number of aromatic hydroxyl groups is 1. The minimum absolute atomic E-state index is 0.0651. The number of aryl methyl sites for hydroxylation is 1. The molecule has 0 bridgehead atoms. The van der Waals surface area contributed by atoms with Crippen molar-refractivity contribution in [3.8, 4) is 11.5 Å². The fourth-order valence-electron chi connectivity index (χ4n) is 8.06. The number of Topliss-reactive ketones (excluding diaryl/α,β-unsaturated/α-hetero) is 3. The van der Waals surface area contributed by atoms with Gasteiger partial charge in [0.15, 0.2) is 17.2 Å². The number of hydrogen-bond acceptors (Lipinski definition) is 10. The zero-order chi connectivity index (χ0) is 33.5. The first-order valence-electron chi connectivity index (χ1n) is 14.9. The SMILES string of the molecule is CC(=O)C1=C(O)C(C(C)C)[C@@]2(C)[C@H](O)[C@]3(C)C(=C(O)[C@@]2(O)C1=O)C(=O)c1c(ccc(CC(=O)Oc2ccc(C)cc2)c1O)[C@H]3C. The fourth-order valence-corrected chi connectivity index (χ4v) is 8.06. The molecule has 3 aliphatic carbocycles. The largest absolute Gasteiger partial charge is 0.511 e. The van der Waals surface area contributed by atoms with E-state index in [1.54, 1.807) is 51.1 Å². The Morgan fingerprint density at radius 2 is 1.60 bits per heavy atom. The van der Waals surface area contributed by atoms with Crippen molar-refractivity contribution in [2.45, 2.75) is 72.5 Å². The predicted octanol–water partition coefficient (Wildman–Crippen LogP) is 4.33. The maximum Gasteiger partial charge on any atom is 0.315 e. The maximum atomic E-state index is 14.3. The molecule has 238 valence electrons. The van der Waals surface area contributed by atoms with Crippen LogP contribution in [0.2, 0.25) is 0 Å². The molecule has 0 saturated heterocycles. The van der Waals surface area contributed by atoms with E-state index in [9.17, 15) is 44.7 Å². The fraction of sp³-hybridized carbons (Fsp3) is 0.429. The van der Waals surface area contributed by atoms with E-state index in [-0.39, 0.29) is 11.1 Å². The Hall–Kier alpha value is -4.28. The van der Waals surface area contributed by atoms with Crippen LogP contribution in [0.3, 0.4) is 0 Å². The van der Waals surface area contributed by atoms with Gasteiger partial charge in [-0.1, -0.05) is 64.4 Å². The van der Waals surface area contributed by atoms with Gasteiger partial charge in [0.25, 0.3) is 0 Å². The summed E-state index contributed by atoms with van der Waals surface area (Å²) < 4.78 is 5.38. The molecule has 0 heterocycles. The second-order valence-corrected chi connectivity index (χ2v) is 13.3. The predicted molar refractivity (Wildman–Crippen MR) is 162 cm³/mol. The van der Waals surface area contributed by atoms with Gasteiger partial charge in [-0.05, 0) is 43.4 Å². The lowest BCUT2D eigenvalue weighted by molar-refractivity contribution is -0.211. The number of phenols is 1. The first-order chi connectivity index (χ1) is 20.9. The topological polar surface area (TPSA) is 179 Å². The van der Waals surface area contributed by atoms with Gasteiger partial charge in [-0.2, -0.15) is 0 Å². The minimum atomic E-state index is -2.97. The van der Waals surface area contributed by atoms with Crippen molar-refractivity contribution < 1.29 is 49.4 Å². The third-order valence-electron chi connectivity index (χ3n) is 10.5. The van der Waals surface area contributed by atoms with Crippen LogP contribution >= 0.6 is 0 Å². The van der Waals surface area contributed by atoms with Gasteiger partial charge in [-0.15, -0.1) is 0 Å². The van der Waals surface area contributed by atoms with Gasteiger partial charge in [0.05, 0.1) is 23.7 Å². The number of rotatable bonds is 5. The van der Waals surface area contributed by atoms with E-state index < -0.39 is 98.4 Å². The number of aliphatic hydroxyl groups excluding tert-OH is 3. The number of hydrogen-bond donors (Lipinski definition) is 5. The summed E-state index contributed by atoms with van der Waals surface area (Å²) in [5.41, 5.74) is -6.71. The summed E-state index contributed by atoms with van der Waals surface area (Å²) in [6.45, 7) is 10.8. The molecular weight excluding hydrogens is 580 g/mol. The molecule has 0 spiro atoms. The highest BCUT2D eigenvalue weighted by Gasteiger charge is 2.76. The molecule has 0 radical (unpaired) electrons. The average molecular weight is 619 g/mol. The summed E-state index contributed by atoms with van der Waals surface area (Å²) in [6.07, 6.45) is -2.12. The van der Waals surface area contributed by atoms with E-state index in [1.807, 2.05) is 6.92 Å². The third kappa shape index (κ3) is 4.08. The number of aliphatic hydroxyl groups is 4. The molecule has 5 N–H and O–H groups in total. The standard InChI is InChI=1S/C35H38O10/c1-15(2)25-28(39)23(18(5)36)30(41)35(44)31(42)26-29(40)24-21(17(4)33(26,6)32(43)34(25,35)7)13-10-19(27(24)38)14-22(37)45-20-11-8-16(3)9-12-20/h8-13,15,17,25,32,38-39,42-44H,14H2,1-7H3/t17-,25?,32-,33+,34+,35+/m1/s1. The molecule has 10 heteroatoms. The van der Waals surface area contributed by atoms with Crippen molar-refractivity contribution in [3.63, 3.8) is 0 Å². The number of ether oxygens (including phenoxy) is 1. The van der Waals surface area contributed by atoms with E-state index in [1.165, 1.54) is 19.9 Å². The lowest BCUT2D eigenvalue weighted by Crippen LogP contribution is -2.73. The van der Waals surface area contributed by atoms with Crippen LogP contribution in [0.4, 0.5) is 0 Å². The van der Waals surface area contributed by atoms with Gasteiger partial charge in [-0.25, -0.2) is 0 Å². The summed E-state index contributed by atoms with van der Waals surface area (Å²) >= 11 is 0. The molecule has 10 nitrogen and oxygen atoms in total. The van der Waals surface area contributed by atoms with Crippen molar-refractivity contribution in [1.29, 1.82) is 0 Å². The Kier molecular flexibility index (Phi) is 7.41. The molecule has 3 aliphatic rings. The number of esters is 1. The van der Waals surface area contributed by atoms with Crippen molar-refractivity contribution >= 4 is 23.3 Å². The van der Waals surface area contributed by atoms with Gasteiger partial charge in [0, 0.05) is 22.3 Å². The summed E-state index contributed by atoms with van der Waals surface area (Å²) in [5, 5.41) is 58.9. The van der Waals surface area contributed by atoms with Gasteiger partial charge in [0.1, 0.15) is 28.6 Å². The van der Waals surface area contributed by atoms with Gasteiger partial charge < -0.3 is 30.3 Å². The minimum Gasteiger partial charge on any atom is -0.511 e. The summed E-state index contributed by atoms with van der Waals surface area (Å²) in [7, 11) is 0. The van der Waals surface area contributed by atoms with Gasteiger partial charge >= 0.3 is 5.97 Å². The van der Waals surface area contributed by atoms with Crippen molar-refractivity contribution in [3.05, 3.63) is 81.3 Å². The van der Waals surface area contributed by atoms with Crippen LogP contribution in [0.5, 0.6) is 11.5 Å². The van der Waals surface area contributed by atoms with Gasteiger partial charge in [0.2, 0.25) is 5.78 Å². The summed E-state index contributed by atoms with van der Waals surface area (Å²) in [5.74, 6) is -8.23. The van der Waals surface area contributed by atoms with Crippen LogP contribution in [0.15, 0.2) is 59.1 Å². The molecule has 5 rings (SSSR count). The third-order valence-corrected chi connectivity index (χ3v) is 10.5. The van der Waals surface area contributed by atoms with Crippen molar-refractivity contribution in [1.82, 2.24) is 0 Å². The highest BCUT2D eigenvalue weighted by Crippen LogP contribution is 2.67. The molecule has 2 aromatic carbocycles. The van der Waals surface area contributed by atoms with Crippen LogP contribution in [0, 0.1) is 29.6 Å². The maximum absolute atomic E-state index is 14.3. The summed E-state index contributed by atoms with van der Waals surface area (Å²) in [6, 6.07) is 9.82. The zero-order valence-electron chi connectivity index (χ0n) is 26.3. The molecule has 45 heavy (non-hydrogen) atoms. The number of fused-ring (bicyclic) bond motifs is 3.